The molecule has 8 heteroatoms. The summed E-state index contributed by atoms with van der Waals surface area (Å²) in [4.78, 5) is 23.1. The quantitative estimate of drug-likeness (QED) is 0.128. The molecule has 1 rings (SSSR count). The zero-order valence-electron chi connectivity index (χ0n) is 21.9. The van der Waals surface area contributed by atoms with Gasteiger partial charge in [0.25, 0.3) is 0 Å². The van der Waals surface area contributed by atoms with Gasteiger partial charge in [0.1, 0.15) is 6.10 Å². The molecule has 1 aliphatic heterocycles. The van der Waals surface area contributed by atoms with Gasteiger partial charge in [0.15, 0.2) is 0 Å². The van der Waals surface area contributed by atoms with Crippen LogP contribution < -0.4 is 0 Å². The molecule has 202 valence electrons. The minimum absolute atomic E-state index is 0.0196. The fourth-order valence-electron chi connectivity index (χ4n) is 3.93. The molecule has 6 atom stereocenters. The molecule has 8 nitrogen and oxygen atoms in total. The second-order valence-electron chi connectivity index (χ2n) is 9.69. The van der Waals surface area contributed by atoms with Crippen LogP contribution in [0.25, 0.3) is 0 Å². The first-order chi connectivity index (χ1) is 16.6. The molecule has 0 aromatic heterocycles. The second-order valence-corrected chi connectivity index (χ2v) is 9.69. The monoisotopic (exact) mass is 498 g/mol. The van der Waals surface area contributed by atoms with Crippen molar-refractivity contribution in [3.8, 4) is 0 Å². The highest BCUT2D eigenvalue weighted by Crippen LogP contribution is 2.27. The first-order valence-electron chi connectivity index (χ1n) is 12.9. The summed E-state index contributed by atoms with van der Waals surface area (Å²) in [5.74, 6) is -0.786. The van der Waals surface area contributed by atoms with E-state index in [9.17, 15) is 24.9 Å². The number of methoxy groups -OCH3 is 1. The first-order valence-corrected chi connectivity index (χ1v) is 12.9. The fraction of sp³-hybridized carbons (Fsp3) is 0.778. The van der Waals surface area contributed by atoms with Gasteiger partial charge in [0.05, 0.1) is 38.6 Å². The van der Waals surface area contributed by atoms with Crippen LogP contribution in [0.4, 0.5) is 0 Å². The Kier molecular flexibility index (Phi) is 15.8. The summed E-state index contributed by atoms with van der Waals surface area (Å²) in [5, 5.41) is 30.5. The number of rotatable bonds is 16. The predicted octanol–water partition coefficient (Wildman–Crippen LogP) is 3.47. The predicted molar refractivity (Wildman–Crippen MR) is 134 cm³/mol. The van der Waals surface area contributed by atoms with E-state index in [4.69, 9.17) is 9.47 Å². The summed E-state index contributed by atoms with van der Waals surface area (Å²) in [7, 11) is 1.40. The molecule has 6 unspecified atom stereocenters. The van der Waals surface area contributed by atoms with E-state index in [1.165, 1.54) is 13.2 Å². The second kappa shape index (κ2) is 17.7. The van der Waals surface area contributed by atoms with E-state index in [0.717, 1.165) is 44.1 Å². The Hall–Kier alpha value is -1.74. The standard InChI is InChI=1S/C27H46O8/c1-19(17-25(30)34-15-10-8-6-5-7-9-14-24(29)33-4)16-23-27(32)26(31)22(18-35-23)13-11-12-20(2)21(3)28/h11-12,17,20-23,26-28,31-32H,5-10,13-16,18H2,1-4H3. The van der Waals surface area contributed by atoms with Crippen molar-refractivity contribution in [3.63, 3.8) is 0 Å². The van der Waals surface area contributed by atoms with Crippen LogP contribution in [-0.2, 0) is 23.8 Å². The highest BCUT2D eigenvalue weighted by Gasteiger charge is 2.37. The van der Waals surface area contributed by atoms with Gasteiger partial charge in [-0.1, -0.05) is 50.3 Å². The van der Waals surface area contributed by atoms with Crippen LogP contribution in [0.1, 0.15) is 78.6 Å². The van der Waals surface area contributed by atoms with Crippen LogP contribution in [0.2, 0.25) is 0 Å². The third-order valence-corrected chi connectivity index (χ3v) is 6.51. The third-order valence-electron chi connectivity index (χ3n) is 6.51. The lowest BCUT2D eigenvalue weighted by Crippen LogP contribution is -2.50. The average Bonchev–Trinajstić information content (AvgIpc) is 2.81. The number of carbonyl (C=O) groups is 2. The number of unbranched alkanes of at least 4 members (excludes halogenated alkanes) is 5. The molecule has 35 heavy (non-hydrogen) atoms. The minimum atomic E-state index is -1.04. The lowest BCUT2D eigenvalue weighted by Gasteiger charge is -2.37. The van der Waals surface area contributed by atoms with Gasteiger partial charge < -0.3 is 29.5 Å². The molecular weight excluding hydrogens is 452 g/mol. The summed E-state index contributed by atoms with van der Waals surface area (Å²) in [5.41, 5.74) is 0.723. The van der Waals surface area contributed by atoms with Crippen molar-refractivity contribution in [2.45, 2.75) is 103 Å². The fourth-order valence-corrected chi connectivity index (χ4v) is 3.93. The summed E-state index contributed by atoms with van der Waals surface area (Å²) in [6.45, 7) is 6.10. The van der Waals surface area contributed by atoms with Crippen molar-refractivity contribution in [1.82, 2.24) is 0 Å². The van der Waals surface area contributed by atoms with Gasteiger partial charge in [-0.2, -0.15) is 0 Å². The normalized spacial score (nSPS) is 24.8. The Labute approximate surface area is 210 Å². The maximum atomic E-state index is 12.1. The molecule has 1 aliphatic rings. The topological polar surface area (TPSA) is 123 Å². The molecule has 0 radical (unpaired) electrons. The van der Waals surface area contributed by atoms with E-state index < -0.39 is 30.4 Å². The van der Waals surface area contributed by atoms with Crippen molar-refractivity contribution in [3.05, 3.63) is 23.8 Å². The van der Waals surface area contributed by atoms with E-state index >= 15 is 0 Å². The van der Waals surface area contributed by atoms with Gasteiger partial charge in [0, 0.05) is 18.4 Å². The Balaban J connectivity index is 2.25. The number of aliphatic hydroxyl groups excluding tert-OH is 3. The number of hydrogen-bond acceptors (Lipinski definition) is 8. The molecule has 0 aromatic rings. The van der Waals surface area contributed by atoms with Crippen molar-refractivity contribution in [2.75, 3.05) is 20.3 Å². The molecule has 0 spiro atoms. The van der Waals surface area contributed by atoms with E-state index in [1.54, 1.807) is 13.8 Å². The van der Waals surface area contributed by atoms with Gasteiger partial charge in [-0.25, -0.2) is 4.79 Å². The van der Waals surface area contributed by atoms with Crippen molar-refractivity contribution < 1.29 is 39.1 Å². The van der Waals surface area contributed by atoms with Gasteiger partial charge >= 0.3 is 11.9 Å². The molecule has 1 heterocycles. The molecule has 3 N–H and O–H groups in total. The number of aliphatic hydroxyl groups is 3. The maximum absolute atomic E-state index is 12.1. The molecule has 0 aromatic carbocycles. The highest BCUT2D eigenvalue weighted by atomic mass is 16.5. The van der Waals surface area contributed by atoms with Gasteiger partial charge in [-0.15, -0.1) is 0 Å². The van der Waals surface area contributed by atoms with Crippen LogP contribution in [0.5, 0.6) is 0 Å². The van der Waals surface area contributed by atoms with Gasteiger partial charge in [-0.3, -0.25) is 4.79 Å². The largest absolute Gasteiger partial charge is 0.469 e. The van der Waals surface area contributed by atoms with E-state index in [-0.39, 0.29) is 17.8 Å². The smallest absolute Gasteiger partial charge is 0.330 e. The van der Waals surface area contributed by atoms with Gasteiger partial charge in [0.2, 0.25) is 0 Å². The molecule has 0 saturated carbocycles. The zero-order valence-corrected chi connectivity index (χ0v) is 21.9. The number of ether oxygens (including phenoxy) is 3. The lowest BCUT2D eigenvalue weighted by molar-refractivity contribution is -0.162. The summed E-state index contributed by atoms with van der Waals surface area (Å²) in [6.07, 6.45) is 9.25. The van der Waals surface area contributed by atoms with Crippen LogP contribution in [0.3, 0.4) is 0 Å². The Bertz CT molecular complexity index is 672. The molecule has 0 aliphatic carbocycles. The summed E-state index contributed by atoms with van der Waals surface area (Å²) < 4.78 is 15.7. The molecule has 0 bridgehead atoms. The van der Waals surface area contributed by atoms with Crippen molar-refractivity contribution in [2.24, 2.45) is 11.8 Å². The van der Waals surface area contributed by atoms with Gasteiger partial charge in [-0.05, 0) is 45.4 Å². The molecule has 1 saturated heterocycles. The first kappa shape index (κ1) is 31.3. The number of carbonyl (C=O) groups excluding carboxylic acids is 2. The van der Waals surface area contributed by atoms with Crippen LogP contribution >= 0.6 is 0 Å². The van der Waals surface area contributed by atoms with E-state index in [0.29, 0.717) is 32.5 Å². The lowest BCUT2D eigenvalue weighted by atomic mass is 9.87. The van der Waals surface area contributed by atoms with Crippen LogP contribution in [0.15, 0.2) is 23.8 Å². The zero-order chi connectivity index (χ0) is 26.2. The van der Waals surface area contributed by atoms with E-state index in [1.807, 2.05) is 19.1 Å². The Morgan fingerprint density at radius 1 is 1.06 bits per heavy atom. The average molecular weight is 499 g/mol. The summed E-state index contributed by atoms with van der Waals surface area (Å²) >= 11 is 0. The number of allylic oxidation sites excluding steroid dienone is 1. The third kappa shape index (κ3) is 13.2. The molecule has 0 amide bonds. The number of esters is 2. The Morgan fingerprint density at radius 2 is 1.71 bits per heavy atom. The number of hydrogen-bond donors (Lipinski definition) is 3. The maximum Gasteiger partial charge on any atom is 0.330 e. The van der Waals surface area contributed by atoms with Crippen molar-refractivity contribution in [1.29, 1.82) is 0 Å². The highest BCUT2D eigenvalue weighted by molar-refractivity contribution is 5.82. The minimum Gasteiger partial charge on any atom is -0.469 e. The molecular formula is C27H46O8. The van der Waals surface area contributed by atoms with Crippen molar-refractivity contribution >= 4 is 11.9 Å². The Morgan fingerprint density at radius 3 is 2.37 bits per heavy atom. The van der Waals surface area contributed by atoms with Crippen LogP contribution in [-0.4, -0.2) is 72.0 Å². The molecule has 1 fully saturated rings. The SMILES string of the molecule is COC(=O)CCCCCCCCOC(=O)C=C(C)CC1OCC(CC=CC(C)C(C)O)C(O)C1O. The van der Waals surface area contributed by atoms with E-state index in [2.05, 4.69) is 4.74 Å². The summed E-state index contributed by atoms with van der Waals surface area (Å²) in [6, 6.07) is 0. The van der Waals surface area contributed by atoms with Crippen LogP contribution in [0, 0.1) is 11.8 Å².